The van der Waals surface area contributed by atoms with Crippen molar-refractivity contribution in [3.8, 4) is 0 Å². The normalized spacial score (nSPS) is 13.6. The molecule has 36 heavy (non-hydrogen) atoms. The Labute approximate surface area is 207 Å². The van der Waals surface area contributed by atoms with Crippen LogP contribution in [0, 0.1) is 0 Å². The number of anilines is 2. The number of rotatable bonds is 7. The molecule has 3 heterocycles. The van der Waals surface area contributed by atoms with Gasteiger partial charge in [-0.3, -0.25) is 19.8 Å². The summed E-state index contributed by atoms with van der Waals surface area (Å²) < 4.78 is 1.28. The van der Waals surface area contributed by atoms with Crippen LogP contribution in [0.25, 0.3) is 17.7 Å². The minimum atomic E-state index is -0.464. The summed E-state index contributed by atoms with van der Waals surface area (Å²) in [6.07, 6.45) is 8.83. The number of aromatic nitrogens is 2. The van der Waals surface area contributed by atoms with Crippen LogP contribution in [-0.2, 0) is 4.79 Å². The molecule has 0 fully saturated rings. The standard InChI is InChI=1S/C28H23N5O3/c34-26(23-11-6-16-33(28(23)36)32-20-8-2-1-3-9-20)30-15-4-7-19-12-13-22-24(18-21-10-5-14-29-21)27(35)31-25(22)17-19/h1-14,16-18,29,32H,15H2,(H,30,34)(H,31,35)/b7-4+,24-18?. The second kappa shape index (κ2) is 10.0. The van der Waals surface area contributed by atoms with Crippen LogP contribution >= 0.6 is 0 Å². The van der Waals surface area contributed by atoms with Crippen molar-refractivity contribution in [3.05, 3.63) is 124 Å². The number of aromatic amines is 1. The number of nitrogens with zero attached hydrogens (tertiary/aromatic N) is 1. The predicted molar refractivity (Wildman–Crippen MR) is 141 cm³/mol. The Morgan fingerprint density at radius 2 is 1.83 bits per heavy atom. The van der Waals surface area contributed by atoms with E-state index in [4.69, 9.17) is 0 Å². The van der Waals surface area contributed by atoms with Crippen molar-refractivity contribution in [1.82, 2.24) is 15.0 Å². The predicted octanol–water partition coefficient (Wildman–Crippen LogP) is 3.99. The highest BCUT2D eigenvalue weighted by molar-refractivity contribution is 6.34. The number of amides is 2. The molecule has 0 spiro atoms. The molecule has 0 saturated carbocycles. The Hall–Kier alpha value is -5.11. The molecular weight excluding hydrogens is 454 g/mol. The second-order valence-corrected chi connectivity index (χ2v) is 8.13. The first kappa shape index (κ1) is 22.7. The third-order valence-corrected chi connectivity index (χ3v) is 5.65. The number of hydrogen-bond acceptors (Lipinski definition) is 4. The third kappa shape index (κ3) is 4.88. The maximum absolute atomic E-state index is 12.7. The highest BCUT2D eigenvalue weighted by Gasteiger charge is 2.24. The van der Waals surface area contributed by atoms with E-state index in [0.717, 1.165) is 28.2 Å². The van der Waals surface area contributed by atoms with E-state index in [9.17, 15) is 14.4 Å². The largest absolute Gasteiger partial charge is 0.362 e. The molecule has 0 saturated heterocycles. The highest BCUT2D eigenvalue weighted by atomic mass is 16.2. The summed E-state index contributed by atoms with van der Waals surface area (Å²) in [5.74, 6) is -0.613. The van der Waals surface area contributed by atoms with E-state index in [1.807, 2.05) is 79.0 Å². The Morgan fingerprint density at radius 1 is 0.972 bits per heavy atom. The van der Waals surface area contributed by atoms with Crippen LogP contribution in [0.2, 0.25) is 0 Å². The van der Waals surface area contributed by atoms with Gasteiger partial charge in [-0.2, -0.15) is 0 Å². The lowest BCUT2D eigenvalue weighted by Crippen LogP contribution is -2.35. The quantitative estimate of drug-likeness (QED) is 0.302. The van der Waals surface area contributed by atoms with Crippen LogP contribution in [0.5, 0.6) is 0 Å². The summed E-state index contributed by atoms with van der Waals surface area (Å²) in [6.45, 7) is 0.237. The molecule has 4 aromatic rings. The number of carbonyl (C=O) groups is 2. The van der Waals surface area contributed by atoms with Crippen LogP contribution in [0.1, 0.15) is 27.2 Å². The van der Waals surface area contributed by atoms with Gasteiger partial charge < -0.3 is 15.6 Å². The minimum absolute atomic E-state index is 0.0379. The number of H-pyrrole nitrogens is 1. The smallest absolute Gasteiger partial charge is 0.281 e. The number of nitrogens with one attached hydrogen (secondary N) is 4. The van der Waals surface area contributed by atoms with Crippen molar-refractivity contribution in [3.63, 3.8) is 0 Å². The first-order valence-electron chi connectivity index (χ1n) is 11.4. The van der Waals surface area contributed by atoms with Crippen LogP contribution in [0.3, 0.4) is 0 Å². The third-order valence-electron chi connectivity index (χ3n) is 5.65. The first-order chi connectivity index (χ1) is 17.6. The van der Waals surface area contributed by atoms with Crippen molar-refractivity contribution in [2.24, 2.45) is 0 Å². The molecule has 0 atom stereocenters. The maximum Gasteiger partial charge on any atom is 0.281 e. The molecule has 5 rings (SSSR count). The number of fused-ring (bicyclic) bond motifs is 1. The maximum atomic E-state index is 12.7. The van der Waals surface area contributed by atoms with E-state index in [-0.39, 0.29) is 18.0 Å². The molecule has 0 radical (unpaired) electrons. The van der Waals surface area contributed by atoms with Gasteiger partial charge in [-0.25, -0.2) is 4.68 Å². The molecule has 2 amide bonds. The van der Waals surface area contributed by atoms with E-state index < -0.39 is 11.5 Å². The van der Waals surface area contributed by atoms with E-state index >= 15 is 0 Å². The van der Waals surface area contributed by atoms with Gasteiger partial charge in [0, 0.05) is 35.9 Å². The van der Waals surface area contributed by atoms with Gasteiger partial charge in [-0.1, -0.05) is 42.5 Å². The lowest BCUT2D eigenvalue weighted by molar-refractivity contribution is -0.110. The molecule has 8 nitrogen and oxygen atoms in total. The number of carbonyl (C=O) groups excluding carboxylic acids is 2. The molecule has 4 N–H and O–H groups in total. The average molecular weight is 478 g/mol. The molecule has 0 unspecified atom stereocenters. The summed E-state index contributed by atoms with van der Waals surface area (Å²) in [4.78, 5) is 40.8. The summed E-state index contributed by atoms with van der Waals surface area (Å²) in [7, 11) is 0. The zero-order valence-electron chi connectivity index (χ0n) is 19.2. The summed E-state index contributed by atoms with van der Waals surface area (Å²) in [5, 5.41) is 5.63. The summed E-state index contributed by atoms with van der Waals surface area (Å²) in [5.41, 5.74) is 7.20. The van der Waals surface area contributed by atoms with Crippen LogP contribution in [0.4, 0.5) is 11.4 Å². The number of hydrogen-bond donors (Lipinski definition) is 4. The molecule has 8 heteroatoms. The van der Waals surface area contributed by atoms with Gasteiger partial charge in [0.1, 0.15) is 5.56 Å². The molecule has 0 aliphatic carbocycles. The van der Waals surface area contributed by atoms with Gasteiger partial charge in [0.15, 0.2) is 0 Å². The van der Waals surface area contributed by atoms with E-state index in [2.05, 4.69) is 21.0 Å². The van der Waals surface area contributed by atoms with Gasteiger partial charge in [-0.15, -0.1) is 0 Å². The zero-order chi connectivity index (χ0) is 24.9. The molecule has 0 bridgehead atoms. The lowest BCUT2D eigenvalue weighted by Gasteiger charge is -2.10. The number of pyridine rings is 1. The van der Waals surface area contributed by atoms with Gasteiger partial charge in [-0.05, 0) is 54.1 Å². The second-order valence-electron chi connectivity index (χ2n) is 8.13. The molecule has 1 aliphatic heterocycles. The fourth-order valence-corrected chi connectivity index (χ4v) is 3.90. The SMILES string of the molecule is O=C1Nc2cc(/C=C/CNC(=O)c3cccn(Nc4ccccc4)c3=O)ccc2C1=Cc1ccc[nH]1. The molecule has 2 aromatic carbocycles. The average Bonchev–Trinajstić information content (AvgIpc) is 3.51. The Morgan fingerprint density at radius 3 is 2.64 bits per heavy atom. The fourth-order valence-electron chi connectivity index (χ4n) is 3.90. The summed E-state index contributed by atoms with van der Waals surface area (Å²) >= 11 is 0. The first-order valence-corrected chi connectivity index (χ1v) is 11.4. The van der Waals surface area contributed by atoms with Gasteiger partial charge >= 0.3 is 0 Å². The van der Waals surface area contributed by atoms with Crippen molar-refractivity contribution in [2.75, 3.05) is 17.3 Å². The topological polar surface area (TPSA) is 108 Å². The number of benzene rings is 2. The minimum Gasteiger partial charge on any atom is -0.362 e. The molecule has 2 aromatic heterocycles. The van der Waals surface area contributed by atoms with Crippen LogP contribution in [-0.4, -0.2) is 28.0 Å². The Kier molecular flexibility index (Phi) is 6.31. The van der Waals surface area contributed by atoms with Crippen molar-refractivity contribution in [2.45, 2.75) is 0 Å². The van der Waals surface area contributed by atoms with Gasteiger partial charge in [0.25, 0.3) is 17.4 Å². The Balaban J connectivity index is 1.22. The van der Waals surface area contributed by atoms with Crippen LogP contribution < -0.4 is 21.6 Å². The fraction of sp³-hybridized carbons (Fsp3) is 0.0357. The summed E-state index contributed by atoms with van der Waals surface area (Å²) in [6, 6.07) is 21.8. The van der Waals surface area contributed by atoms with E-state index in [1.54, 1.807) is 18.3 Å². The Bertz CT molecular complexity index is 1530. The lowest BCUT2D eigenvalue weighted by atomic mass is 10.0. The number of para-hydroxylation sites is 1. The van der Waals surface area contributed by atoms with E-state index in [0.29, 0.717) is 5.57 Å². The van der Waals surface area contributed by atoms with Crippen molar-refractivity contribution < 1.29 is 9.59 Å². The molecule has 1 aliphatic rings. The zero-order valence-corrected chi connectivity index (χ0v) is 19.2. The van der Waals surface area contributed by atoms with Gasteiger partial charge in [0.05, 0.1) is 11.3 Å². The van der Waals surface area contributed by atoms with Crippen molar-refractivity contribution in [1.29, 1.82) is 0 Å². The van der Waals surface area contributed by atoms with Gasteiger partial charge in [0.2, 0.25) is 0 Å². The monoisotopic (exact) mass is 477 g/mol. The highest BCUT2D eigenvalue weighted by Crippen LogP contribution is 2.33. The molecule has 178 valence electrons. The van der Waals surface area contributed by atoms with Crippen molar-refractivity contribution >= 4 is 40.9 Å². The molecular formula is C28H23N5O3. The van der Waals surface area contributed by atoms with Crippen LogP contribution in [0.15, 0.2) is 96.1 Å². The van der Waals surface area contributed by atoms with E-state index in [1.165, 1.54) is 10.7 Å².